The van der Waals surface area contributed by atoms with E-state index in [4.69, 9.17) is 9.47 Å². The van der Waals surface area contributed by atoms with Crippen LogP contribution in [0.2, 0.25) is 0 Å². The van der Waals surface area contributed by atoms with Crippen LogP contribution in [0.1, 0.15) is 36.7 Å². The number of aromatic amines is 1. The Labute approximate surface area is 266 Å². The van der Waals surface area contributed by atoms with Crippen LogP contribution in [0.5, 0.6) is 5.75 Å². The minimum atomic E-state index is -3.98. The van der Waals surface area contributed by atoms with Crippen LogP contribution in [0.3, 0.4) is 0 Å². The first kappa shape index (κ1) is 30.5. The molecule has 0 atom stereocenters. The van der Waals surface area contributed by atoms with Gasteiger partial charge in [0.2, 0.25) is 0 Å². The predicted molar refractivity (Wildman–Crippen MR) is 175 cm³/mol. The fourth-order valence-electron chi connectivity index (χ4n) is 5.13. The lowest BCUT2D eigenvalue weighted by Gasteiger charge is -2.15. The van der Waals surface area contributed by atoms with E-state index in [0.29, 0.717) is 34.6 Å². The lowest BCUT2D eigenvalue weighted by Crippen LogP contribution is -2.12. The van der Waals surface area contributed by atoms with Crippen LogP contribution in [0.15, 0.2) is 102 Å². The number of benzene rings is 2. The molecule has 0 bridgehead atoms. The highest BCUT2D eigenvalue weighted by molar-refractivity contribution is 7.90. The van der Waals surface area contributed by atoms with Crippen LogP contribution in [0.4, 0.5) is 5.82 Å². The summed E-state index contributed by atoms with van der Waals surface area (Å²) < 4.78 is 40.4. The molecule has 0 aliphatic rings. The van der Waals surface area contributed by atoms with Gasteiger partial charge in [-0.15, -0.1) is 0 Å². The Balaban J connectivity index is 1.48. The summed E-state index contributed by atoms with van der Waals surface area (Å²) in [4.78, 5) is 21.7. The Morgan fingerprint density at radius 3 is 2.54 bits per heavy atom. The highest BCUT2D eigenvalue weighted by atomic mass is 32.2. The third-order valence-electron chi connectivity index (χ3n) is 7.14. The van der Waals surface area contributed by atoms with E-state index in [2.05, 4.69) is 25.5 Å². The zero-order valence-electron chi connectivity index (χ0n) is 25.5. The summed E-state index contributed by atoms with van der Waals surface area (Å²) >= 11 is 0. The molecule has 2 aromatic carbocycles. The van der Waals surface area contributed by atoms with Gasteiger partial charge in [-0.05, 0) is 86.5 Å². The number of pyridine rings is 2. The van der Waals surface area contributed by atoms with Crippen LogP contribution in [0, 0.1) is 0 Å². The highest BCUT2D eigenvalue weighted by Crippen LogP contribution is 2.36. The zero-order chi connectivity index (χ0) is 32.3. The maximum Gasteiger partial charge on any atom is 0.341 e. The molecule has 4 heterocycles. The van der Waals surface area contributed by atoms with Crippen molar-refractivity contribution in [2.24, 2.45) is 0 Å². The lowest BCUT2D eigenvalue weighted by atomic mass is 10.0. The maximum absolute atomic E-state index is 13.9. The van der Waals surface area contributed by atoms with Crippen LogP contribution in [0.25, 0.3) is 33.4 Å². The molecule has 0 spiro atoms. The second kappa shape index (κ2) is 12.9. The van der Waals surface area contributed by atoms with Gasteiger partial charge >= 0.3 is 5.97 Å². The molecule has 234 valence electrons. The summed E-state index contributed by atoms with van der Waals surface area (Å²) in [7, 11) is -3.98. The summed E-state index contributed by atoms with van der Waals surface area (Å²) in [6, 6.07) is 21.0. The molecule has 12 heteroatoms. The van der Waals surface area contributed by atoms with Crippen LogP contribution in [-0.2, 0) is 21.3 Å². The van der Waals surface area contributed by atoms with Crippen molar-refractivity contribution >= 4 is 32.8 Å². The van der Waals surface area contributed by atoms with Crippen molar-refractivity contribution in [2.75, 3.05) is 11.9 Å². The summed E-state index contributed by atoms with van der Waals surface area (Å²) in [5.74, 6) is 0.515. The van der Waals surface area contributed by atoms with E-state index in [1.165, 1.54) is 3.97 Å². The molecule has 0 aliphatic heterocycles. The summed E-state index contributed by atoms with van der Waals surface area (Å²) in [5, 5.41) is 10.9. The number of ether oxygens (including phenoxy) is 2. The van der Waals surface area contributed by atoms with Gasteiger partial charge in [-0.2, -0.15) is 5.10 Å². The molecule has 0 unspecified atom stereocenters. The van der Waals surface area contributed by atoms with Gasteiger partial charge in [0, 0.05) is 47.8 Å². The normalized spacial score (nSPS) is 11.6. The largest absolute Gasteiger partial charge is 0.491 e. The smallest absolute Gasteiger partial charge is 0.341 e. The predicted octanol–water partition coefficient (Wildman–Crippen LogP) is 6.30. The van der Waals surface area contributed by atoms with Crippen LogP contribution in [-0.4, -0.2) is 51.2 Å². The minimum absolute atomic E-state index is 0.115. The number of nitrogens with zero attached hydrogens (tertiary/aromatic N) is 4. The Bertz CT molecular complexity index is 2110. The average molecular weight is 637 g/mol. The number of hydrogen-bond donors (Lipinski definition) is 2. The number of anilines is 1. The van der Waals surface area contributed by atoms with Gasteiger partial charge in [0.25, 0.3) is 10.0 Å². The number of aromatic nitrogens is 5. The van der Waals surface area contributed by atoms with Gasteiger partial charge in [0.05, 0.1) is 23.3 Å². The van der Waals surface area contributed by atoms with Crippen molar-refractivity contribution in [2.45, 2.75) is 38.3 Å². The molecule has 0 fully saturated rings. The van der Waals surface area contributed by atoms with E-state index >= 15 is 0 Å². The van der Waals surface area contributed by atoms with Gasteiger partial charge in [-0.1, -0.05) is 18.2 Å². The molecule has 0 amide bonds. The second-order valence-electron chi connectivity index (χ2n) is 10.7. The van der Waals surface area contributed by atoms with Crippen molar-refractivity contribution in [3.63, 3.8) is 0 Å². The summed E-state index contributed by atoms with van der Waals surface area (Å²) in [6.07, 6.45) is 6.35. The van der Waals surface area contributed by atoms with Crippen LogP contribution >= 0.6 is 0 Å². The Morgan fingerprint density at radius 1 is 0.978 bits per heavy atom. The molecule has 6 rings (SSSR count). The third kappa shape index (κ3) is 6.20. The van der Waals surface area contributed by atoms with E-state index < -0.39 is 16.0 Å². The number of hydrogen-bond acceptors (Lipinski definition) is 9. The number of fused-ring (bicyclic) bond motifs is 1. The van der Waals surface area contributed by atoms with Crippen molar-refractivity contribution in [1.82, 2.24) is 24.1 Å². The van der Waals surface area contributed by atoms with Crippen molar-refractivity contribution < 1.29 is 22.7 Å². The monoisotopic (exact) mass is 636 g/mol. The van der Waals surface area contributed by atoms with Crippen molar-refractivity contribution in [1.29, 1.82) is 0 Å². The first-order valence-corrected chi connectivity index (χ1v) is 16.2. The number of carbonyl (C=O) groups excluding carboxylic acids is 1. The summed E-state index contributed by atoms with van der Waals surface area (Å²) in [6.45, 7) is 6.16. The summed E-state index contributed by atoms with van der Waals surface area (Å²) in [5.41, 5.74) is 4.28. The standard InChI is InChI=1S/C34H32N6O5S/c1-4-44-34(41)28-11-8-13-35-32(28)36-19-23-15-24(17-26(16-23)45-22(2)3)30-21-40(46(42,43)27-9-6-5-7-10-27)33-29(30)18-25(20-37-33)31-12-14-38-39-31/h5-18,20-22H,4,19H2,1-3H3,(H,35,36)(H,38,39). The van der Waals surface area contributed by atoms with E-state index in [9.17, 15) is 13.2 Å². The maximum atomic E-state index is 13.9. The van der Waals surface area contributed by atoms with Gasteiger partial charge in [-0.25, -0.2) is 27.2 Å². The average Bonchev–Trinajstić information content (AvgIpc) is 3.73. The van der Waals surface area contributed by atoms with E-state index in [1.807, 2.05) is 44.2 Å². The minimum Gasteiger partial charge on any atom is -0.491 e. The van der Waals surface area contributed by atoms with Crippen molar-refractivity contribution in [3.05, 3.63) is 109 Å². The van der Waals surface area contributed by atoms with E-state index in [1.54, 1.807) is 74.2 Å². The topological polar surface area (TPSA) is 141 Å². The quantitative estimate of drug-likeness (QED) is 0.157. The first-order chi connectivity index (χ1) is 22.2. The Hall–Kier alpha value is -5.49. The third-order valence-corrected chi connectivity index (χ3v) is 8.80. The number of esters is 1. The fourth-order valence-corrected chi connectivity index (χ4v) is 6.47. The molecule has 4 aromatic heterocycles. The molecule has 6 aromatic rings. The molecular weight excluding hydrogens is 604 g/mol. The number of carbonyl (C=O) groups is 1. The molecule has 2 N–H and O–H groups in total. The van der Waals surface area contributed by atoms with Gasteiger partial charge < -0.3 is 14.8 Å². The van der Waals surface area contributed by atoms with Gasteiger partial charge in [0.15, 0.2) is 5.65 Å². The second-order valence-corrected chi connectivity index (χ2v) is 12.5. The molecule has 0 radical (unpaired) electrons. The van der Waals surface area contributed by atoms with Crippen LogP contribution < -0.4 is 10.1 Å². The van der Waals surface area contributed by atoms with Gasteiger partial charge in [-0.3, -0.25) is 5.10 Å². The molecule has 46 heavy (non-hydrogen) atoms. The SMILES string of the molecule is CCOC(=O)c1cccnc1NCc1cc(OC(C)C)cc(-c2cn(S(=O)(=O)c3ccccc3)c3ncc(-c4ccn[nH]4)cc23)c1. The Kier molecular flexibility index (Phi) is 8.53. The molecule has 0 aliphatic carbocycles. The molecule has 0 saturated heterocycles. The number of rotatable bonds is 11. The Morgan fingerprint density at radius 2 is 1.80 bits per heavy atom. The van der Waals surface area contributed by atoms with E-state index in [0.717, 1.165) is 22.4 Å². The first-order valence-electron chi connectivity index (χ1n) is 14.7. The highest BCUT2D eigenvalue weighted by Gasteiger charge is 2.24. The van der Waals surface area contributed by atoms with Crippen molar-refractivity contribution in [3.8, 4) is 28.1 Å². The fraction of sp³-hybridized carbons (Fsp3) is 0.176. The number of nitrogens with one attached hydrogen (secondary N) is 2. The zero-order valence-corrected chi connectivity index (χ0v) is 26.3. The van der Waals surface area contributed by atoms with E-state index in [-0.39, 0.29) is 23.3 Å². The molecular formula is C34H32N6O5S. The van der Waals surface area contributed by atoms with Gasteiger partial charge in [0.1, 0.15) is 17.1 Å². The number of H-pyrrole nitrogens is 1. The lowest BCUT2D eigenvalue weighted by molar-refractivity contribution is 0.0527. The molecule has 11 nitrogen and oxygen atoms in total. The molecule has 0 saturated carbocycles.